The van der Waals surface area contributed by atoms with E-state index in [0.717, 1.165) is 42.0 Å². The van der Waals surface area contributed by atoms with Crippen LogP contribution in [0.3, 0.4) is 0 Å². The van der Waals surface area contributed by atoms with Crippen LogP contribution in [0.5, 0.6) is 5.88 Å². The molecule has 1 unspecified atom stereocenters. The molecule has 4 nitrogen and oxygen atoms in total. The van der Waals surface area contributed by atoms with Gasteiger partial charge in [0, 0.05) is 18.0 Å². The van der Waals surface area contributed by atoms with Gasteiger partial charge < -0.3 is 9.84 Å². The van der Waals surface area contributed by atoms with Crippen molar-refractivity contribution in [2.24, 2.45) is 11.8 Å². The minimum atomic E-state index is -0.889. The summed E-state index contributed by atoms with van der Waals surface area (Å²) in [6.45, 7) is 4.09. The molecule has 0 aliphatic heterocycles. The minimum absolute atomic E-state index is 0.228. The first-order chi connectivity index (χ1) is 10.9. The molecule has 2 aromatic heterocycles. The zero-order chi connectivity index (χ0) is 16.2. The van der Waals surface area contributed by atoms with Crippen molar-refractivity contribution in [1.29, 1.82) is 0 Å². The Balaban J connectivity index is 1.78. The second-order valence-electron chi connectivity index (χ2n) is 7.27. The summed E-state index contributed by atoms with van der Waals surface area (Å²) in [7, 11) is 0. The molecule has 2 saturated carbocycles. The van der Waals surface area contributed by atoms with Gasteiger partial charge in [0.05, 0.1) is 11.0 Å². The molecule has 0 radical (unpaired) electrons. The van der Waals surface area contributed by atoms with Gasteiger partial charge in [0.2, 0.25) is 5.88 Å². The molecule has 2 aliphatic carbocycles. The molecule has 0 bridgehead atoms. The van der Waals surface area contributed by atoms with Crippen LogP contribution in [0.1, 0.15) is 45.1 Å². The number of halogens is 1. The third-order valence-electron chi connectivity index (χ3n) is 5.23. The van der Waals surface area contributed by atoms with E-state index in [-0.39, 0.29) is 6.10 Å². The van der Waals surface area contributed by atoms with Crippen LogP contribution in [0.4, 0.5) is 0 Å². The van der Waals surface area contributed by atoms with Gasteiger partial charge in [0.25, 0.3) is 0 Å². The van der Waals surface area contributed by atoms with Crippen LogP contribution < -0.4 is 4.74 Å². The number of aromatic nitrogens is 2. The first kappa shape index (κ1) is 15.2. The van der Waals surface area contributed by atoms with Crippen LogP contribution in [0.15, 0.2) is 18.5 Å². The van der Waals surface area contributed by atoms with Gasteiger partial charge >= 0.3 is 0 Å². The maximum absolute atomic E-state index is 10.9. The molecule has 5 heteroatoms. The van der Waals surface area contributed by atoms with Crippen LogP contribution in [-0.4, -0.2) is 21.2 Å². The summed E-state index contributed by atoms with van der Waals surface area (Å²) >= 11 is 6.10. The number of hydrogen-bond donors (Lipinski definition) is 1. The first-order valence-corrected chi connectivity index (χ1v) is 8.66. The van der Waals surface area contributed by atoms with Gasteiger partial charge in [0.1, 0.15) is 11.3 Å². The van der Waals surface area contributed by atoms with E-state index >= 15 is 0 Å². The Hall–Kier alpha value is -1.39. The average Bonchev–Trinajstić information content (AvgIpc) is 3.30. The molecular weight excluding hydrogens is 312 g/mol. The summed E-state index contributed by atoms with van der Waals surface area (Å²) in [5, 5.41) is 13.1. The molecule has 2 fully saturated rings. The summed E-state index contributed by atoms with van der Waals surface area (Å²) < 4.78 is 6.04. The maximum atomic E-state index is 10.9. The molecule has 2 heterocycles. The Morgan fingerprint density at radius 2 is 1.96 bits per heavy atom. The van der Waals surface area contributed by atoms with Gasteiger partial charge in [-0.3, -0.25) is 0 Å². The van der Waals surface area contributed by atoms with E-state index < -0.39 is 5.60 Å². The SMILES string of the molecule is CC(O)(c1cnc(O[C@H]2C[C@H](C)C2)c2cnc(Cl)cc12)C1CC1. The van der Waals surface area contributed by atoms with Crippen LogP contribution >= 0.6 is 11.6 Å². The summed E-state index contributed by atoms with van der Waals surface area (Å²) in [6, 6.07) is 1.81. The standard InChI is InChI=1S/C18H21ClN2O2/c1-10-5-12(6-10)23-17-14-8-20-16(19)7-13(14)15(9-21-17)18(2,22)11-3-4-11/h7-12,22H,3-6H2,1-2H3/t10-,12-,18?. The Kier molecular flexibility index (Phi) is 3.50. The van der Waals surface area contributed by atoms with Crippen molar-refractivity contribution in [2.75, 3.05) is 0 Å². The van der Waals surface area contributed by atoms with Crippen LogP contribution in [-0.2, 0) is 5.60 Å². The van der Waals surface area contributed by atoms with E-state index in [9.17, 15) is 5.11 Å². The normalized spacial score (nSPS) is 26.6. The van der Waals surface area contributed by atoms with Gasteiger partial charge in [-0.05, 0) is 55.9 Å². The van der Waals surface area contributed by atoms with Gasteiger partial charge in [-0.2, -0.15) is 0 Å². The third-order valence-corrected chi connectivity index (χ3v) is 5.44. The summed E-state index contributed by atoms with van der Waals surface area (Å²) in [4.78, 5) is 8.68. The van der Waals surface area contributed by atoms with Gasteiger partial charge in [-0.25, -0.2) is 9.97 Å². The molecule has 0 aromatic carbocycles. The second kappa shape index (κ2) is 5.32. The van der Waals surface area contributed by atoms with Crippen molar-refractivity contribution in [3.8, 4) is 5.88 Å². The summed E-state index contributed by atoms with van der Waals surface area (Å²) in [5.74, 6) is 1.60. The van der Waals surface area contributed by atoms with Crippen molar-refractivity contribution < 1.29 is 9.84 Å². The fourth-order valence-corrected chi connectivity index (χ4v) is 3.69. The molecule has 1 N–H and O–H groups in total. The smallest absolute Gasteiger partial charge is 0.223 e. The first-order valence-electron chi connectivity index (χ1n) is 8.29. The largest absolute Gasteiger partial charge is 0.474 e. The lowest BCUT2D eigenvalue weighted by molar-refractivity contribution is 0.0339. The van der Waals surface area contributed by atoms with Crippen molar-refractivity contribution >= 4 is 22.4 Å². The molecule has 1 atom stereocenters. The lowest BCUT2D eigenvalue weighted by Gasteiger charge is -2.33. The number of hydrogen-bond acceptors (Lipinski definition) is 4. The Morgan fingerprint density at radius 1 is 1.22 bits per heavy atom. The highest BCUT2D eigenvalue weighted by atomic mass is 35.5. The quantitative estimate of drug-likeness (QED) is 0.857. The molecule has 122 valence electrons. The summed E-state index contributed by atoms with van der Waals surface area (Å²) in [6.07, 6.45) is 7.89. The molecule has 23 heavy (non-hydrogen) atoms. The minimum Gasteiger partial charge on any atom is -0.474 e. The lowest BCUT2D eigenvalue weighted by atomic mass is 9.84. The van der Waals surface area contributed by atoms with Gasteiger partial charge in [0.15, 0.2) is 0 Å². The third kappa shape index (κ3) is 2.68. The van der Waals surface area contributed by atoms with E-state index in [1.54, 1.807) is 18.5 Å². The Morgan fingerprint density at radius 3 is 2.61 bits per heavy atom. The fourth-order valence-electron chi connectivity index (χ4n) is 3.53. The molecule has 0 amide bonds. The van der Waals surface area contributed by atoms with E-state index in [2.05, 4.69) is 16.9 Å². The number of ether oxygens (including phenoxy) is 1. The number of rotatable bonds is 4. The van der Waals surface area contributed by atoms with Gasteiger partial charge in [-0.1, -0.05) is 18.5 Å². The monoisotopic (exact) mass is 332 g/mol. The van der Waals surface area contributed by atoms with Gasteiger partial charge in [-0.15, -0.1) is 0 Å². The number of pyridine rings is 2. The summed E-state index contributed by atoms with van der Waals surface area (Å²) in [5.41, 5.74) is -0.0759. The molecule has 4 rings (SSSR count). The van der Waals surface area contributed by atoms with Crippen LogP contribution in [0.25, 0.3) is 10.8 Å². The zero-order valence-electron chi connectivity index (χ0n) is 13.4. The highest BCUT2D eigenvalue weighted by molar-refractivity contribution is 6.30. The molecule has 0 spiro atoms. The molecule has 2 aliphatic rings. The number of fused-ring (bicyclic) bond motifs is 1. The highest BCUT2D eigenvalue weighted by Crippen LogP contribution is 2.48. The molecule has 2 aromatic rings. The topological polar surface area (TPSA) is 55.2 Å². The lowest BCUT2D eigenvalue weighted by Crippen LogP contribution is -2.32. The van der Waals surface area contributed by atoms with Crippen molar-refractivity contribution in [3.05, 3.63) is 29.2 Å². The van der Waals surface area contributed by atoms with E-state index in [1.807, 2.05) is 6.92 Å². The Bertz CT molecular complexity index is 752. The van der Waals surface area contributed by atoms with Crippen molar-refractivity contribution in [1.82, 2.24) is 9.97 Å². The fraction of sp³-hybridized carbons (Fsp3) is 0.556. The maximum Gasteiger partial charge on any atom is 0.223 e. The average molecular weight is 333 g/mol. The predicted octanol–water partition coefficient (Wildman–Crippen LogP) is 4.08. The molecule has 0 saturated heterocycles. The van der Waals surface area contributed by atoms with Crippen LogP contribution in [0.2, 0.25) is 5.15 Å². The number of aliphatic hydroxyl groups is 1. The van der Waals surface area contributed by atoms with E-state index in [4.69, 9.17) is 16.3 Å². The van der Waals surface area contributed by atoms with Crippen molar-refractivity contribution in [3.63, 3.8) is 0 Å². The Labute approximate surface area is 140 Å². The number of nitrogens with zero attached hydrogens (tertiary/aromatic N) is 2. The van der Waals surface area contributed by atoms with Crippen molar-refractivity contribution in [2.45, 2.75) is 51.2 Å². The highest BCUT2D eigenvalue weighted by Gasteiger charge is 2.42. The van der Waals surface area contributed by atoms with E-state index in [1.165, 1.54) is 0 Å². The predicted molar refractivity (Wildman–Crippen MR) is 89.7 cm³/mol. The van der Waals surface area contributed by atoms with Crippen LogP contribution in [0, 0.1) is 11.8 Å². The molecular formula is C18H21ClN2O2. The second-order valence-corrected chi connectivity index (χ2v) is 7.66. The van der Waals surface area contributed by atoms with E-state index in [0.29, 0.717) is 22.9 Å². The zero-order valence-corrected chi connectivity index (χ0v) is 14.2.